The molecule has 0 saturated heterocycles. The van der Waals surface area contributed by atoms with Crippen LogP contribution in [-0.2, 0) is 13.1 Å². The number of hydrogen-bond donors (Lipinski definition) is 1. The van der Waals surface area contributed by atoms with E-state index in [0.29, 0.717) is 0 Å². The lowest BCUT2D eigenvalue weighted by Gasteiger charge is -2.36. The van der Waals surface area contributed by atoms with Crippen LogP contribution in [0.5, 0.6) is 0 Å². The average molecular weight is 452 g/mol. The van der Waals surface area contributed by atoms with E-state index in [1.807, 2.05) is 0 Å². The van der Waals surface area contributed by atoms with Crippen molar-refractivity contribution in [1.29, 1.82) is 0 Å². The van der Waals surface area contributed by atoms with Crippen LogP contribution in [0.3, 0.4) is 0 Å². The van der Waals surface area contributed by atoms with Crippen molar-refractivity contribution in [1.82, 2.24) is 4.90 Å². The Morgan fingerprint density at radius 3 is 1.53 bits per heavy atom. The van der Waals surface area contributed by atoms with Gasteiger partial charge in [0.05, 0.1) is 13.0 Å². The Balaban J connectivity index is 0.000000433. The molecule has 1 fully saturated rings. The molecule has 1 saturated carbocycles. The third kappa shape index (κ3) is 12.9. The number of rotatable bonds is 6. The average Bonchev–Trinajstić information content (AvgIpc) is 2.76. The maximum absolute atomic E-state index is 10.9. The highest BCUT2D eigenvalue weighted by Gasteiger charge is 2.25. The Bertz CT molecular complexity index is 642. The number of hydrogen-bond acceptors (Lipinski definition) is 2. The van der Waals surface area contributed by atoms with E-state index in [1.165, 1.54) is 43.2 Å². The van der Waals surface area contributed by atoms with Crippen LogP contribution in [0.2, 0.25) is 0 Å². The van der Waals surface area contributed by atoms with Gasteiger partial charge in [0.15, 0.2) is 0 Å². The quantitative estimate of drug-likeness (QED) is 0.488. The molecular weight excluding hydrogens is 411 g/mol. The summed E-state index contributed by atoms with van der Waals surface area (Å²) >= 11 is 0. The predicted octanol–water partition coefficient (Wildman–Crippen LogP) is 7.61. The molecule has 2 aromatic rings. The van der Waals surface area contributed by atoms with Crippen molar-refractivity contribution in [2.45, 2.75) is 84.6 Å². The largest absolute Gasteiger partial charge is 0.396 e. The SMILES string of the molecule is CC1CCC(N(Cc2ccccc2)Cc2ccccc2)CC1.CCC.OCCC(F)(F)F. The zero-order valence-electron chi connectivity index (χ0n) is 19.8. The molecule has 0 radical (unpaired) electrons. The summed E-state index contributed by atoms with van der Waals surface area (Å²) < 4.78 is 32.7. The second-order valence-electron chi connectivity index (χ2n) is 8.59. The summed E-state index contributed by atoms with van der Waals surface area (Å²) in [6, 6.07) is 22.6. The first-order valence-electron chi connectivity index (χ1n) is 11.8. The van der Waals surface area contributed by atoms with Gasteiger partial charge in [0, 0.05) is 19.1 Å². The van der Waals surface area contributed by atoms with Gasteiger partial charge in [-0.15, -0.1) is 0 Å². The van der Waals surface area contributed by atoms with Crippen molar-refractivity contribution in [2.24, 2.45) is 5.92 Å². The van der Waals surface area contributed by atoms with E-state index >= 15 is 0 Å². The van der Waals surface area contributed by atoms with Crippen molar-refractivity contribution in [2.75, 3.05) is 6.61 Å². The summed E-state index contributed by atoms with van der Waals surface area (Å²) in [4.78, 5) is 2.69. The van der Waals surface area contributed by atoms with Crippen LogP contribution in [0.15, 0.2) is 60.7 Å². The van der Waals surface area contributed by atoms with Crippen molar-refractivity contribution in [3.8, 4) is 0 Å². The van der Waals surface area contributed by atoms with E-state index in [2.05, 4.69) is 86.3 Å². The minimum absolute atomic E-state index is 0.733. The molecule has 2 nitrogen and oxygen atoms in total. The Hall–Kier alpha value is -1.85. The Morgan fingerprint density at radius 2 is 1.22 bits per heavy atom. The second-order valence-corrected chi connectivity index (χ2v) is 8.59. The summed E-state index contributed by atoms with van der Waals surface area (Å²) in [6.45, 7) is 7.96. The Labute approximate surface area is 192 Å². The van der Waals surface area contributed by atoms with Crippen LogP contribution in [0, 0.1) is 5.92 Å². The molecule has 180 valence electrons. The highest BCUT2D eigenvalue weighted by atomic mass is 19.4. The molecule has 32 heavy (non-hydrogen) atoms. The van der Waals surface area contributed by atoms with Crippen LogP contribution in [0.1, 0.15) is 70.4 Å². The van der Waals surface area contributed by atoms with E-state index in [0.717, 1.165) is 25.0 Å². The molecule has 0 aliphatic heterocycles. The van der Waals surface area contributed by atoms with Gasteiger partial charge in [-0.2, -0.15) is 13.2 Å². The normalized spacial score (nSPS) is 18.2. The fourth-order valence-corrected chi connectivity index (χ4v) is 3.68. The number of aliphatic hydroxyl groups excluding tert-OH is 1. The molecule has 0 heterocycles. The van der Waals surface area contributed by atoms with E-state index in [-0.39, 0.29) is 0 Å². The molecule has 1 N–H and O–H groups in total. The van der Waals surface area contributed by atoms with Crippen LogP contribution >= 0.6 is 0 Å². The summed E-state index contributed by atoms with van der Waals surface area (Å²) in [7, 11) is 0. The number of aliphatic hydroxyl groups is 1. The third-order valence-corrected chi connectivity index (χ3v) is 5.35. The number of halogens is 3. The molecule has 0 bridgehead atoms. The van der Waals surface area contributed by atoms with E-state index in [4.69, 9.17) is 5.11 Å². The Morgan fingerprint density at radius 1 is 0.812 bits per heavy atom. The second kappa shape index (κ2) is 15.9. The van der Waals surface area contributed by atoms with Crippen molar-refractivity contribution in [3.05, 3.63) is 71.8 Å². The summed E-state index contributed by atoms with van der Waals surface area (Å²) in [5.74, 6) is 0.909. The van der Waals surface area contributed by atoms with Crippen molar-refractivity contribution < 1.29 is 18.3 Å². The molecule has 5 heteroatoms. The number of alkyl halides is 3. The zero-order valence-corrected chi connectivity index (χ0v) is 19.8. The summed E-state index contributed by atoms with van der Waals surface area (Å²) in [5, 5.41) is 7.68. The maximum atomic E-state index is 10.9. The van der Waals surface area contributed by atoms with Crippen LogP contribution in [-0.4, -0.2) is 28.8 Å². The Kier molecular flexibility index (Phi) is 14.0. The molecule has 0 aromatic heterocycles. The highest BCUT2D eigenvalue weighted by molar-refractivity contribution is 5.17. The molecule has 0 atom stereocenters. The lowest BCUT2D eigenvalue weighted by molar-refractivity contribution is -0.141. The molecule has 0 amide bonds. The van der Waals surface area contributed by atoms with Gasteiger partial charge in [-0.1, -0.05) is 87.9 Å². The van der Waals surface area contributed by atoms with Gasteiger partial charge in [-0.25, -0.2) is 0 Å². The lowest BCUT2D eigenvalue weighted by atomic mass is 9.86. The fraction of sp³-hybridized carbons (Fsp3) is 0.556. The minimum Gasteiger partial charge on any atom is -0.396 e. The molecule has 1 aliphatic carbocycles. The zero-order chi connectivity index (χ0) is 23.8. The lowest BCUT2D eigenvalue weighted by Crippen LogP contribution is -2.37. The van der Waals surface area contributed by atoms with Gasteiger partial charge >= 0.3 is 6.18 Å². The van der Waals surface area contributed by atoms with Gasteiger partial charge < -0.3 is 5.11 Å². The number of benzene rings is 2. The molecule has 1 aliphatic rings. The van der Waals surface area contributed by atoms with Gasteiger partial charge in [0.1, 0.15) is 0 Å². The fourth-order valence-electron chi connectivity index (χ4n) is 3.68. The van der Waals surface area contributed by atoms with Crippen LogP contribution in [0.25, 0.3) is 0 Å². The first-order valence-corrected chi connectivity index (χ1v) is 11.8. The first kappa shape index (κ1) is 28.2. The molecule has 3 rings (SSSR count). The van der Waals surface area contributed by atoms with Crippen LogP contribution in [0.4, 0.5) is 13.2 Å². The minimum atomic E-state index is -4.20. The smallest absolute Gasteiger partial charge is 0.391 e. The third-order valence-electron chi connectivity index (χ3n) is 5.35. The monoisotopic (exact) mass is 451 g/mol. The molecule has 2 aromatic carbocycles. The van der Waals surface area contributed by atoms with Gasteiger partial charge in [0.25, 0.3) is 0 Å². The van der Waals surface area contributed by atoms with Crippen molar-refractivity contribution >= 4 is 0 Å². The molecule has 0 unspecified atom stereocenters. The van der Waals surface area contributed by atoms with Gasteiger partial charge in [0.2, 0.25) is 0 Å². The maximum Gasteiger partial charge on any atom is 0.391 e. The first-order chi connectivity index (χ1) is 15.3. The van der Waals surface area contributed by atoms with E-state index < -0.39 is 19.2 Å². The highest BCUT2D eigenvalue weighted by Crippen LogP contribution is 2.29. The van der Waals surface area contributed by atoms with E-state index in [9.17, 15) is 13.2 Å². The van der Waals surface area contributed by atoms with Crippen LogP contribution < -0.4 is 0 Å². The molecular formula is C27H40F3NO. The predicted molar refractivity (Wildman–Crippen MR) is 127 cm³/mol. The number of nitrogens with zero attached hydrogens (tertiary/aromatic N) is 1. The van der Waals surface area contributed by atoms with Gasteiger partial charge in [-0.05, 0) is 42.7 Å². The van der Waals surface area contributed by atoms with Gasteiger partial charge in [-0.3, -0.25) is 4.90 Å². The summed E-state index contributed by atoms with van der Waals surface area (Å²) in [6.07, 6.45) is 1.40. The van der Waals surface area contributed by atoms with E-state index in [1.54, 1.807) is 0 Å². The summed E-state index contributed by atoms with van der Waals surface area (Å²) in [5.41, 5.74) is 2.86. The standard InChI is InChI=1S/C21H27N.C3H5F3O.C3H8/c1-18-12-14-21(15-13-18)22(16-19-8-4-2-5-9-19)17-20-10-6-3-7-11-20;4-3(5,6)1-2-7;1-3-2/h2-11,18,21H,12-17H2,1H3;7H,1-2H2;3H2,1-2H3. The molecule has 0 spiro atoms. The van der Waals surface area contributed by atoms with Crippen molar-refractivity contribution in [3.63, 3.8) is 0 Å². The topological polar surface area (TPSA) is 23.5 Å².